The molecule has 3 rings (SSSR count). The topological polar surface area (TPSA) is 44.8 Å². The monoisotopic (exact) mass is 394 g/mol. The number of ether oxygens (including phenoxy) is 3. The third-order valence-electron chi connectivity index (χ3n) is 4.38. The molecule has 0 saturated carbocycles. The van der Waals surface area contributed by atoms with Crippen LogP contribution in [0.1, 0.15) is 25.7 Å². The van der Waals surface area contributed by atoms with Crippen LogP contribution in [-0.4, -0.2) is 32.1 Å². The first kappa shape index (κ1) is 20.3. The van der Waals surface area contributed by atoms with Crippen LogP contribution in [0.4, 0.5) is 0 Å². The van der Waals surface area contributed by atoms with E-state index in [1.54, 1.807) is 18.9 Å². The number of carbonyl (C=O) groups excluding carboxylic acids is 1. The number of benzene rings is 1. The second-order valence-corrected chi connectivity index (χ2v) is 7.44. The number of cyclic esters (lactones) is 1. The first-order valence-electron chi connectivity index (χ1n) is 9.12. The van der Waals surface area contributed by atoms with Crippen LogP contribution < -0.4 is 0 Å². The van der Waals surface area contributed by atoms with Crippen molar-refractivity contribution in [1.29, 1.82) is 0 Å². The lowest BCUT2D eigenvalue weighted by Crippen LogP contribution is -2.32. The van der Waals surface area contributed by atoms with Gasteiger partial charge in [0.05, 0.1) is 4.91 Å². The molecule has 5 heteroatoms. The SMILES string of the molecule is COCOC12CC#CCC(=O)OC/C=C(/Sc3ccccc3)C#CC1=CCC2. The number of rotatable bonds is 5. The van der Waals surface area contributed by atoms with Crippen LogP contribution in [0, 0.1) is 23.7 Å². The van der Waals surface area contributed by atoms with E-state index in [2.05, 4.69) is 29.8 Å². The van der Waals surface area contributed by atoms with Crippen LogP contribution in [-0.2, 0) is 19.0 Å². The van der Waals surface area contributed by atoms with Gasteiger partial charge >= 0.3 is 5.97 Å². The number of thioether (sulfide) groups is 1. The Morgan fingerprint density at radius 3 is 2.86 bits per heavy atom. The third-order valence-corrected chi connectivity index (χ3v) is 5.37. The van der Waals surface area contributed by atoms with Gasteiger partial charge in [0.2, 0.25) is 0 Å². The van der Waals surface area contributed by atoms with Gasteiger partial charge in [-0.3, -0.25) is 4.79 Å². The summed E-state index contributed by atoms with van der Waals surface area (Å²) in [5.74, 6) is 12.1. The Balaban J connectivity index is 1.91. The van der Waals surface area contributed by atoms with Crippen molar-refractivity contribution in [3.8, 4) is 23.7 Å². The summed E-state index contributed by atoms with van der Waals surface area (Å²) in [4.78, 5) is 13.8. The maximum absolute atomic E-state index is 11.9. The molecule has 0 spiro atoms. The van der Waals surface area contributed by atoms with E-state index in [4.69, 9.17) is 14.2 Å². The van der Waals surface area contributed by atoms with Crippen LogP contribution >= 0.6 is 11.8 Å². The van der Waals surface area contributed by atoms with Crippen molar-refractivity contribution < 1.29 is 19.0 Å². The Morgan fingerprint density at radius 2 is 2.04 bits per heavy atom. The zero-order chi connectivity index (χ0) is 19.7. The molecule has 0 radical (unpaired) electrons. The van der Waals surface area contributed by atoms with E-state index in [0.717, 1.165) is 28.2 Å². The van der Waals surface area contributed by atoms with Crippen molar-refractivity contribution in [2.75, 3.05) is 20.5 Å². The Bertz CT molecular complexity index is 880. The van der Waals surface area contributed by atoms with E-state index in [0.29, 0.717) is 6.42 Å². The molecule has 0 bridgehead atoms. The molecule has 0 fully saturated rings. The average Bonchev–Trinajstić information content (AvgIpc) is 3.11. The van der Waals surface area contributed by atoms with E-state index in [1.807, 2.05) is 36.4 Å². The molecule has 1 unspecified atom stereocenters. The molecule has 0 aromatic heterocycles. The number of esters is 1. The zero-order valence-corrected chi connectivity index (χ0v) is 16.6. The van der Waals surface area contributed by atoms with Crippen LogP contribution in [0.25, 0.3) is 0 Å². The highest BCUT2D eigenvalue weighted by Crippen LogP contribution is 2.37. The van der Waals surface area contributed by atoms with Crippen molar-refractivity contribution >= 4 is 17.7 Å². The molecule has 1 aromatic carbocycles. The number of allylic oxidation sites excluding steroid dienone is 2. The quantitative estimate of drug-likeness (QED) is 0.428. The molecule has 0 amide bonds. The second-order valence-electron chi connectivity index (χ2n) is 6.33. The summed E-state index contributed by atoms with van der Waals surface area (Å²) in [6.45, 7) is 0.346. The molecule has 1 aromatic rings. The molecule has 0 N–H and O–H groups in total. The summed E-state index contributed by atoms with van der Waals surface area (Å²) in [5, 5.41) is 0. The molecule has 1 heterocycles. The van der Waals surface area contributed by atoms with E-state index in [9.17, 15) is 4.79 Å². The minimum atomic E-state index is -0.587. The minimum absolute atomic E-state index is 0.0647. The van der Waals surface area contributed by atoms with Gasteiger partial charge in [0.25, 0.3) is 0 Å². The van der Waals surface area contributed by atoms with Crippen LogP contribution in [0.15, 0.2) is 57.9 Å². The average molecular weight is 394 g/mol. The number of fused-ring (bicyclic) bond motifs is 1. The van der Waals surface area contributed by atoms with E-state index < -0.39 is 5.60 Å². The Kier molecular flexibility index (Phi) is 7.39. The number of methoxy groups -OCH3 is 1. The largest absolute Gasteiger partial charge is 0.461 e. The Labute approximate surface area is 170 Å². The standard InChI is InChI=1S/C23H22O4S/c1-25-18-27-23-15-6-5-11-22(24)26-17-14-21(13-12-19(23)8-7-16-23)28-20-9-3-2-4-10-20/h2-4,8-10,14H,7,11,15-18H2,1H3/b21-14+. The maximum Gasteiger partial charge on any atom is 0.318 e. The smallest absolute Gasteiger partial charge is 0.318 e. The summed E-state index contributed by atoms with van der Waals surface area (Å²) < 4.78 is 16.4. The third kappa shape index (κ3) is 5.53. The summed E-state index contributed by atoms with van der Waals surface area (Å²) in [7, 11) is 1.60. The highest BCUT2D eigenvalue weighted by Gasteiger charge is 2.37. The summed E-state index contributed by atoms with van der Waals surface area (Å²) >= 11 is 1.54. The summed E-state index contributed by atoms with van der Waals surface area (Å²) in [6, 6.07) is 9.98. The van der Waals surface area contributed by atoms with E-state index in [-0.39, 0.29) is 25.8 Å². The predicted molar refractivity (Wildman–Crippen MR) is 109 cm³/mol. The van der Waals surface area contributed by atoms with Crippen molar-refractivity contribution in [1.82, 2.24) is 0 Å². The van der Waals surface area contributed by atoms with Gasteiger partial charge in [-0.2, -0.15) is 0 Å². The molecule has 1 atom stereocenters. The van der Waals surface area contributed by atoms with Gasteiger partial charge in [-0.05, 0) is 31.1 Å². The molecule has 1 aliphatic heterocycles. The second kappa shape index (κ2) is 10.2. The highest BCUT2D eigenvalue weighted by atomic mass is 32.2. The highest BCUT2D eigenvalue weighted by molar-refractivity contribution is 8.03. The molecular weight excluding hydrogens is 372 g/mol. The Hall–Kier alpha value is -2.44. The molecule has 28 heavy (non-hydrogen) atoms. The van der Waals surface area contributed by atoms with E-state index >= 15 is 0 Å². The normalized spacial score (nSPS) is 23.7. The number of carbonyl (C=O) groups is 1. The maximum atomic E-state index is 11.9. The fourth-order valence-electron chi connectivity index (χ4n) is 2.96. The van der Waals surface area contributed by atoms with Gasteiger partial charge in [0.15, 0.2) is 0 Å². The molecule has 2 aliphatic rings. The number of hydrogen-bond acceptors (Lipinski definition) is 5. The Morgan fingerprint density at radius 1 is 1.18 bits per heavy atom. The predicted octanol–water partition coefficient (Wildman–Crippen LogP) is 4.09. The lowest BCUT2D eigenvalue weighted by Gasteiger charge is -2.28. The molecule has 144 valence electrons. The molecule has 1 aliphatic carbocycles. The van der Waals surface area contributed by atoms with Gasteiger partial charge in [0.1, 0.15) is 25.4 Å². The first-order chi connectivity index (χ1) is 13.7. The van der Waals surface area contributed by atoms with Crippen molar-refractivity contribution in [3.63, 3.8) is 0 Å². The van der Waals surface area contributed by atoms with Crippen molar-refractivity contribution in [3.05, 3.63) is 53.0 Å². The summed E-state index contributed by atoms with van der Waals surface area (Å²) in [6.07, 6.45) is 6.15. The van der Waals surface area contributed by atoms with Crippen molar-refractivity contribution in [2.24, 2.45) is 0 Å². The fraction of sp³-hybridized carbons (Fsp3) is 0.348. The summed E-state index contributed by atoms with van der Waals surface area (Å²) in [5.41, 5.74) is 0.334. The fourth-order valence-corrected chi connectivity index (χ4v) is 3.76. The van der Waals surface area contributed by atoms with Gasteiger partial charge in [-0.15, -0.1) is 0 Å². The lowest BCUT2D eigenvalue weighted by molar-refractivity contribution is -0.141. The first-order valence-corrected chi connectivity index (χ1v) is 9.93. The molecule has 0 saturated heterocycles. The zero-order valence-electron chi connectivity index (χ0n) is 15.8. The lowest BCUT2D eigenvalue weighted by atomic mass is 9.91. The number of hydrogen-bond donors (Lipinski definition) is 0. The van der Waals surface area contributed by atoms with Crippen LogP contribution in [0.5, 0.6) is 0 Å². The van der Waals surface area contributed by atoms with Crippen LogP contribution in [0.2, 0.25) is 0 Å². The van der Waals surface area contributed by atoms with Gasteiger partial charge in [-0.25, -0.2) is 0 Å². The molecule has 4 nitrogen and oxygen atoms in total. The van der Waals surface area contributed by atoms with Gasteiger partial charge in [-0.1, -0.05) is 59.7 Å². The van der Waals surface area contributed by atoms with E-state index in [1.165, 1.54) is 0 Å². The van der Waals surface area contributed by atoms with Gasteiger partial charge < -0.3 is 14.2 Å². The van der Waals surface area contributed by atoms with Crippen molar-refractivity contribution in [2.45, 2.75) is 36.2 Å². The minimum Gasteiger partial charge on any atom is -0.461 e. The van der Waals surface area contributed by atoms with Gasteiger partial charge in [0, 0.05) is 24.0 Å². The molecular formula is C23H22O4S. The van der Waals surface area contributed by atoms with Crippen LogP contribution in [0.3, 0.4) is 0 Å².